The van der Waals surface area contributed by atoms with E-state index in [1.165, 1.54) is 0 Å². The van der Waals surface area contributed by atoms with Crippen LogP contribution in [0.3, 0.4) is 0 Å². The predicted octanol–water partition coefficient (Wildman–Crippen LogP) is 2.47. The molecular weight excluding hydrogens is 316 g/mol. The predicted molar refractivity (Wildman–Crippen MR) is 98.5 cm³/mol. The molecule has 0 radical (unpaired) electrons. The molecule has 0 aliphatic carbocycles. The van der Waals surface area contributed by atoms with Crippen molar-refractivity contribution in [1.82, 2.24) is 19.5 Å². The van der Waals surface area contributed by atoms with Crippen molar-refractivity contribution in [2.45, 2.75) is 13.3 Å². The van der Waals surface area contributed by atoms with Gasteiger partial charge in [0.1, 0.15) is 6.33 Å². The van der Waals surface area contributed by atoms with Crippen LogP contribution in [0.2, 0.25) is 0 Å². The number of benzene rings is 1. The van der Waals surface area contributed by atoms with Crippen molar-refractivity contribution in [3.05, 3.63) is 36.7 Å². The fourth-order valence-electron chi connectivity index (χ4n) is 2.94. The second-order valence-electron chi connectivity index (χ2n) is 6.02. The number of anilines is 2. The maximum Gasteiger partial charge on any atom is 0.229 e. The molecule has 3 aromatic rings. The lowest BCUT2D eigenvalue weighted by atomic mass is 10.3. The summed E-state index contributed by atoms with van der Waals surface area (Å²) in [5, 5.41) is 3.40. The molecule has 3 heterocycles. The van der Waals surface area contributed by atoms with Gasteiger partial charge in [-0.1, -0.05) is 25.1 Å². The van der Waals surface area contributed by atoms with Gasteiger partial charge in [-0.2, -0.15) is 9.97 Å². The Morgan fingerprint density at radius 2 is 1.92 bits per heavy atom. The van der Waals surface area contributed by atoms with Crippen molar-refractivity contribution >= 4 is 22.9 Å². The number of nitrogens with zero attached hydrogens (tertiary/aromatic N) is 5. The summed E-state index contributed by atoms with van der Waals surface area (Å²) < 4.78 is 7.46. The molecular formula is C18H22N6O. The van der Waals surface area contributed by atoms with E-state index < -0.39 is 0 Å². The molecule has 1 N–H and O–H groups in total. The zero-order valence-corrected chi connectivity index (χ0v) is 14.4. The number of rotatable bonds is 5. The van der Waals surface area contributed by atoms with E-state index in [2.05, 4.69) is 34.3 Å². The monoisotopic (exact) mass is 338 g/mol. The molecule has 1 fully saturated rings. The van der Waals surface area contributed by atoms with E-state index in [1.807, 2.05) is 29.1 Å². The Morgan fingerprint density at radius 1 is 1.12 bits per heavy atom. The second kappa shape index (κ2) is 7.06. The van der Waals surface area contributed by atoms with Crippen molar-refractivity contribution < 1.29 is 4.74 Å². The third-order valence-electron chi connectivity index (χ3n) is 4.26. The van der Waals surface area contributed by atoms with Crippen LogP contribution in [0.15, 0.2) is 36.7 Å². The average Bonchev–Trinajstić information content (AvgIpc) is 3.11. The number of nitrogens with one attached hydrogen (secondary N) is 1. The van der Waals surface area contributed by atoms with Crippen LogP contribution < -0.4 is 10.2 Å². The summed E-state index contributed by atoms with van der Waals surface area (Å²) in [6.45, 7) is 6.01. The van der Waals surface area contributed by atoms with Crippen LogP contribution in [0.5, 0.6) is 0 Å². The summed E-state index contributed by atoms with van der Waals surface area (Å²) in [6.07, 6.45) is 2.84. The molecule has 0 spiro atoms. The van der Waals surface area contributed by atoms with Crippen LogP contribution in [0.4, 0.5) is 11.8 Å². The molecule has 4 rings (SSSR count). The number of fused-ring (bicyclic) bond motifs is 1. The molecule has 0 atom stereocenters. The smallest absolute Gasteiger partial charge is 0.229 e. The molecule has 2 aromatic heterocycles. The van der Waals surface area contributed by atoms with Crippen LogP contribution in [0.25, 0.3) is 16.9 Å². The molecule has 0 unspecified atom stereocenters. The number of ether oxygens (including phenoxy) is 1. The summed E-state index contributed by atoms with van der Waals surface area (Å²) in [5.41, 5.74) is 2.66. The number of hydrogen-bond acceptors (Lipinski definition) is 6. The van der Waals surface area contributed by atoms with Gasteiger partial charge in [0.15, 0.2) is 17.0 Å². The van der Waals surface area contributed by atoms with Gasteiger partial charge < -0.3 is 15.0 Å². The zero-order chi connectivity index (χ0) is 17.1. The van der Waals surface area contributed by atoms with Gasteiger partial charge in [0.2, 0.25) is 5.95 Å². The lowest BCUT2D eigenvalue weighted by Gasteiger charge is -2.27. The highest BCUT2D eigenvalue weighted by atomic mass is 16.5. The van der Waals surface area contributed by atoms with Gasteiger partial charge in [-0.15, -0.1) is 0 Å². The van der Waals surface area contributed by atoms with Crippen LogP contribution in [0, 0.1) is 0 Å². The first-order valence-electron chi connectivity index (χ1n) is 8.74. The van der Waals surface area contributed by atoms with E-state index in [1.54, 1.807) is 0 Å². The molecule has 25 heavy (non-hydrogen) atoms. The van der Waals surface area contributed by atoms with Gasteiger partial charge in [0, 0.05) is 25.3 Å². The van der Waals surface area contributed by atoms with Crippen molar-refractivity contribution in [2.75, 3.05) is 43.1 Å². The summed E-state index contributed by atoms with van der Waals surface area (Å²) in [4.78, 5) is 16.3. The summed E-state index contributed by atoms with van der Waals surface area (Å²) in [6, 6.07) is 10.1. The Bertz CT molecular complexity index is 841. The van der Waals surface area contributed by atoms with E-state index in [9.17, 15) is 0 Å². The van der Waals surface area contributed by atoms with E-state index in [0.717, 1.165) is 54.7 Å². The summed E-state index contributed by atoms with van der Waals surface area (Å²) in [5.74, 6) is 1.52. The molecule has 0 bridgehead atoms. The number of hydrogen-bond donors (Lipinski definition) is 1. The standard InChI is InChI=1S/C18H22N6O/c1-2-8-19-16-15-17(22-18(21-16)23-9-11-25-12-10-23)24(13-20-15)14-6-4-3-5-7-14/h3-7,13H,2,8-12H2,1H3,(H,19,21,22). The van der Waals surface area contributed by atoms with E-state index in [-0.39, 0.29) is 0 Å². The second-order valence-corrected chi connectivity index (χ2v) is 6.02. The highest BCUT2D eigenvalue weighted by molar-refractivity contribution is 5.85. The number of aromatic nitrogens is 4. The van der Waals surface area contributed by atoms with Crippen LogP contribution in [-0.4, -0.2) is 52.4 Å². The largest absolute Gasteiger partial charge is 0.378 e. The number of para-hydroxylation sites is 1. The Kier molecular flexibility index (Phi) is 4.47. The minimum Gasteiger partial charge on any atom is -0.378 e. The van der Waals surface area contributed by atoms with Gasteiger partial charge in [0.25, 0.3) is 0 Å². The van der Waals surface area contributed by atoms with Gasteiger partial charge in [-0.3, -0.25) is 4.57 Å². The highest BCUT2D eigenvalue weighted by Gasteiger charge is 2.19. The van der Waals surface area contributed by atoms with Crippen LogP contribution in [-0.2, 0) is 4.74 Å². The Morgan fingerprint density at radius 3 is 2.68 bits per heavy atom. The zero-order valence-electron chi connectivity index (χ0n) is 14.4. The van der Waals surface area contributed by atoms with E-state index in [0.29, 0.717) is 13.2 Å². The lowest BCUT2D eigenvalue weighted by Crippen LogP contribution is -2.37. The number of morpholine rings is 1. The fourth-order valence-corrected chi connectivity index (χ4v) is 2.94. The molecule has 1 aliphatic heterocycles. The van der Waals surface area contributed by atoms with E-state index in [4.69, 9.17) is 14.7 Å². The normalized spacial score (nSPS) is 14.8. The molecule has 7 nitrogen and oxygen atoms in total. The fraction of sp³-hybridized carbons (Fsp3) is 0.389. The molecule has 1 aromatic carbocycles. The molecule has 1 saturated heterocycles. The van der Waals surface area contributed by atoms with Crippen molar-refractivity contribution in [1.29, 1.82) is 0 Å². The van der Waals surface area contributed by atoms with Crippen molar-refractivity contribution in [2.24, 2.45) is 0 Å². The van der Waals surface area contributed by atoms with Crippen LogP contribution >= 0.6 is 0 Å². The van der Waals surface area contributed by atoms with Crippen LogP contribution in [0.1, 0.15) is 13.3 Å². The Labute approximate surface area is 146 Å². The first-order chi connectivity index (χ1) is 12.4. The van der Waals surface area contributed by atoms with Gasteiger partial charge in [0.05, 0.1) is 13.2 Å². The third-order valence-corrected chi connectivity index (χ3v) is 4.26. The average molecular weight is 338 g/mol. The minimum atomic E-state index is 0.705. The lowest BCUT2D eigenvalue weighted by molar-refractivity contribution is 0.122. The van der Waals surface area contributed by atoms with Crippen molar-refractivity contribution in [3.63, 3.8) is 0 Å². The Hall–Kier alpha value is -2.67. The molecule has 1 aliphatic rings. The van der Waals surface area contributed by atoms with E-state index >= 15 is 0 Å². The summed E-state index contributed by atoms with van der Waals surface area (Å²) in [7, 11) is 0. The SMILES string of the molecule is CCCNc1nc(N2CCOCC2)nc2c1ncn2-c1ccccc1. The van der Waals surface area contributed by atoms with Gasteiger partial charge >= 0.3 is 0 Å². The first kappa shape index (κ1) is 15.8. The molecule has 0 saturated carbocycles. The highest BCUT2D eigenvalue weighted by Crippen LogP contribution is 2.25. The Balaban J connectivity index is 1.83. The topological polar surface area (TPSA) is 68.1 Å². The van der Waals surface area contributed by atoms with Gasteiger partial charge in [-0.25, -0.2) is 4.98 Å². The van der Waals surface area contributed by atoms with Crippen molar-refractivity contribution in [3.8, 4) is 5.69 Å². The summed E-state index contributed by atoms with van der Waals surface area (Å²) >= 11 is 0. The minimum absolute atomic E-state index is 0.705. The molecule has 7 heteroatoms. The molecule has 0 amide bonds. The first-order valence-corrected chi connectivity index (χ1v) is 8.74. The maximum absolute atomic E-state index is 5.45. The molecule has 130 valence electrons. The van der Waals surface area contributed by atoms with Gasteiger partial charge in [-0.05, 0) is 18.6 Å². The quantitative estimate of drug-likeness (QED) is 0.771. The number of imidazole rings is 1. The third kappa shape index (κ3) is 3.15. The maximum atomic E-state index is 5.45.